The number of nitrogens with zero attached hydrogens (tertiary/aromatic N) is 1. The number of ketones is 1. The summed E-state index contributed by atoms with van der Waals surface area (Å²) in [4.78, 5) is 16.2. The molecule has 0 aliphatic carbocycles. The number of anilines is 1. The smallest absolute Gasteiger partial charge is 0.229 e. The van der Waals surface area contributed by atoms with Crippen molar-refractivity contribution >= 4 is 32.5 Å². The highest BCUT2D eigenvalue weighted by molar-refractivity contribution is 7.92. The van der Waals surface area contributed by atoms with Crippen LogP contribution in [0, 0.1) is 0 Å². The van der Waals surface area contributed by atoms with Crippen LogP contribution in [0.15, 0.2) is 46.9 Å². The summed E-state index contributed by atoms with van der Waals surface area (Å²) in [6, 6.07) is 12.3. The Morgan fingerprint density at radius 3 is 2.12 bits per heavy atom. The van der Waals surface area contributed by atoms with Crippen molar-refractivity contribution in [2.45, 2.75) is 72.1 Å². The van der Waals surface area contributed by atoms with Gasteiger partial charge in [0, 0.05) is 29.6 Å². The van der Waals surface area contributed by atoms with E-state index in [-0.39, 0.29) is 18.2 Å². The first-order valence-corrected chi connectivity index (χ1v) is 16.2. The number of unbranched alkanes of at least 4 members (excludes halogenated alkanes) is 3. The number of halogens is 1. The number of rotatable bonds is 18. The van der Waals surface area contributed by atoms with Gasteiger partial charge >= 0.3 is 0 Å². The summed E-state index contributed by atoms with van der Waals surface area (Å²) < 4.78 is 38.0. The normalized spacial score (nSPS) is 11.5. The summed E-state index contributed by atoms with van der Waals surface area (Å²) in [5, 5.41) is 0.607. The van der Waals surface area contributed by atoms with Crippen LogP contribution in [0.25, 0.3) is 11.0 Å². The van der Waals surface area contributed by atoms with E-state index in [1.807, 2.05) is 12.1 Å². The molecule has 2 aromatic carbocycles. The summed E-state index contributed by atoms with van der Waals surface area (Å²) in [6.07, 6.45) is 9.40. The maximum Gasteiger partial charge on any atom is 0.229 e. The lowest BCUT2D eigenvalue weighted by molar-refractivity contribution is -0.0000191. The number of sulfonamides is 1. The predicted molar refractivity (Wildman–Crippen MR) is 160 cm³/mol. The van der Waals surface area contributed by atoms with Gasteiger partial charge in [0.1, 0.15) is 17.1 Å². The third kappa shape index (κ3) is 10.1. The topological polar surface area (TPSA) is 88.8 Å². The number of hydrogen-bond donors (Lipinski definition) is 1. The van der Waals surface area contributed by atoms with Gasteiger partial charge in [-0.3, -0.25) is 9.52 Å². The second-order valence-corrected chi connectivity index (χ2v) is 11.9. The molecule has 0 aliphatic rings. The van der Waals surface area contributed by atoms with Crippen LogP contribution in [0.2, 0.25) is 0 Å². The molecule has 0 bridgehead atoms. The van der Waals surface area contributed by atoms with E-state index in [4.69, 9.17) is 9.15 Å². The molecule has 0 fully saturated rings. The van der Waals surface area contributed by atoms with E-state index < -0.39 is 10.0 Å². The zero-order chi connectivity index (χ0) is 28.3. The van der Waals surface area contributed by atoms with Crippen molar-refractivity contribution in [2.24, 2.45) is 0 Å². The fourth-order valence-corrected chi connectivity index (χ4v) is 5.17. The van der Waals surface area contributed by atoms with Crippen molar-refractivity contribution in [3.8, 4) is 5.75 Å². The molecular weight excluding hydrogens is 548 g/mol. The number of nitrogens with one attached hydrogen (secondary N) is 1. The molecule has 0 atom stereocenters. The first-order chi connectivity index (χ1) is 18.8. The maximum absolute atomic E-state index is 13.7. The van der Waals surface area contributed by atoms with E-state index in [2.05, 4.69) is 30.4 Å². The van der Waals surface area contributed by atoms with Crippen LogP contribution in [0.1, 0.15) is 87.4 Å². The number of fused-ring (bicyclic) bond motifs is 1. The second-order valence-electron chi connectivity index (χ2n) is 10.2. The minimum atomic E-state index is -3.45. The third-order valence-corrected chi connectivity index (χ3v) is 7.31. The second kappa shape index (κ2) is 16.7. The van der Waals surface area contributed by atoms with Crippen LogP contribution < -0.4 is 21.9 Å². The molecule has 0 amide bonds. The average Bonchev–Trinajstić information content (AvgIpc) is 3.27. The van der Waals surface area contributed by atoms with Crippen LogP contribution in [-0.4, -0.2) is 51.6 Å². The molecule has 1 heterocycles. The van der Waals surface area contributed by atoms with Gasteiger partial charge in [0.15, 0.2) is 5.78 Å². The molecule has 0 unspecified atom stereocenters. The van der Waals surface area contributed by atoms with Gasteiger partial charge in [-0.2, -0.15) is 0 Å². The van der Waals surface area contributed by atoms with Gasteiger partial charge in [0.05, 0.1) is 18.4 Å². The quantitative estimate of drug-likeness (QED) is 0.177. The minimum absolute atomic E-state index is 0. The van der Waals surface area contributed by atoms with Gasteiger partial charge in [-0.15, -0.1) is 0 Å². The monoisotopic (exact) mass is 591 g/mol. The molecule has 0 spiro atoms. The van der Waals surface area contributed by atoms with E-state index in [1.165, 1.54) is 25.7 Å². The van der Waals surface area contributed by atoms with Gasteiger partial charge in [-0.05, 0) is 81.2 Å². The lowest BCUT2D eigenvalue weighted by atomic mass is 9.98. The zero-order valence-electron chi connectivity index (χ0n) is 24.3. The molecule has 0 saturated heterocycles. The van der Waals surface area contributed by atoms with Crippen molar-refractivity contribution in [2.75, 3.05) is 37.2 Å². The molecule has 0 radical (unpaired) electrons. The molecule has 7 nitrogen and oxygen atoms in total. The SMILES string of the molecule is CCCCc1oc2ccc(NS(C)(=O)=O)cc2c1C(=O)c1ccc(OCCCN(CCCC)CCCC)cc1.[Cl-]. The molecule has 1 N–H and O–H groups in total. The van der Waals surface area contributed by atoms with Gasteiger partial charge in [-0.1, -0.05) is 40.0 Å². The Hall–Kier alpha value is -2.55. The lowest BCUT2D eigenvalue weighted by Gasteiger charge is -2.21. The van der Waals surface area contributed by atoms with E-state index >= 15 is 0 Å². The number of aryl methyl sites for hydroxylation is 1. The summed E-state index contributed by atoms with van der Waals surface area (Å²) in [7, 11) is -3.45. The Kier molecular flexibility index (Phi) is 14.0. The van der Waals surface area contributed by atoms with Crippen LogP contribution in [-0.2, 0) is 16.4 Å². The molecule has 1 aromatic heterocycles. The number of carbonyl (C=O) groups excluding carboxylic acids is 1. The van der Waals surface area contributed by atoms with E-state index in [1.54, 1.807) is 30.3 Å². The van der Waals surface area contributed by atoms with Crippen molar-refractivity contribution in [3.63, 3.8) is 0 Å². The Morgan fingerprint density at radius 1 is 0.900 bits per heavy atom. The molecular formula is C31H44ClN2O5S-. The van der Waals surface area contributed by atoms with Crippen molar-refractivity contribution in [1.29, 1.82) is 0 Å². The van der Waals surface area contributed by atoms with Crippen molar-refractivity contribution in [1.82, 2.24) is 4.90 Å². The van der Waals surface area contributed by atoms with Crippen LogP contribution in [0.3, 0.4) is 0 Å². The van der Waals surface area contributed by atoms with Gasteiger partial charge in [0.25, 0.3) is 0 Å². The number of furan rings is 1. The number of benzene rings is 2. The van der Waals surface area contributed by atoms with Crippen molar-refractivity contribution < 1.29 is 34.8 Å². The maximum atomic E-state index is 13.7. The largest absolute Gasteiger partial charge is 1.00 e. The summed E-state index contributed by atoms with van der Waals surface area (Å²) in [5.41, 5.74) is 1.99. The lowest BCUT2D eigenvalue weighted by Crippen LogP contribution is -3.00. The number of hydrogen-bond acceptors (Lipinski definition) is 6. The van der Waals surface area contributed by atoms with Gasteiger partial charge < -0.3 is 26.5 Å². The molecule has 40 heavy (non-hydrogen) atoms. The first-order valence-electron chi connectivity index (χ1n) is 14.3. The Bertz CT molecular complexity index is 1300. The predicted octanol–water partition coefficient (Wildman–Crippen LogP) is 4.05. The highest BCUT2D eigenvalue weighted by atomic mass is 35.5. The molecule has 3 aromatic rings. The Labute approximate surface area is 246 Å². The zero-order valence-corrected chi connectivity index (χ0v) is 25.9. The molecule has 222 valence electrons. The van der Waals surface area contributed by atoms with Crippen LogP contribution in [0.4, 0.5) is 5.69 Å². The average molecular weight is 592 g/mol. The first kappa shape index (κ1) is 33.7. The molecule has 9 heteroatoms. The summed E-state index contributed by atoms with van der Waals surface area (Å²) in [5.74, 6) is 1.22. The van der Waals surface area contributed by atoms with E-state index in [9.17, 15) is 13.2 Å². The molecule has 3 rings (SSSR count). The molecule has 0 saturated carbocycles. The number of ether oxygens (including phenoxy) is 1. The number of carbonyl (C=O) groups is 1. The summed E-state index contributed by atoms with van der Waals surface area (Å²) >= 11 is 0. The Morgan fingerprint density at radius 2 is 1.52 bits per heavy atom. The van der Waals surface area contributed by atoms with Crippen LogP contribution >= 0.6 is 0 Å². The van der Waals surface area contributed by atoms with Crippen LogP contribution in [0.5, 0.6) is 5.75 Å². The van der Waals surface area contributed by atoms with E-state index in [0.717, 1.165) is 50.9 Å². The highest BCUT2D eigenvalue weighted by Crippen LogP contribution is 2.32. The van der Waals surface area contributed by atoms with Gasteiger partial charge in [0.2, 0.25) is 10.0 Å². The fourth-order valence-electron chi connectivity index (χ4n) is 4.61. The Balaban J connectivity index is 0.00000560. The van der Waals surface area contributed by atoms with E-state index in [0.29, 0.717) is 46.6 Å². The molecule has 0 aliphatic heterocycles. The standard InChI is InChI=1S/C31H44N2O5S.ClH/c1-5-8-12-29-30(27-23-25(32-39(4,35)36)15-18-28(27)38-29)31(34)24-13-16-26(17-14-24)37-22-11-21-33(19-9-6-2)20-10-7-3;/h13-18,23,32H,5-12,19-22H2,1-4H3;1H/p-1. The summed E-state index contributed by atoms with van der Waals surface area (Å²) in [6.45, 7) is 10.5. The van der Waals surface area contributed by atoms with Gasteiger partial charge in [-0.25, -0.2) is 8.42 Å². The van der Waals surface area contributed by atoms with Crippen molar-refractivity contribution in [3.05, 3.63) is 59.4 Å². The fraction of sp³-hybridized carbons (Fsp3) is 0.516. The highest BCUT2D eigenvalue weighted by Gasteiger charge is 2.22. The third-order valence-electron chi connectivity index (χ3n) is 6.71. The minimum Gasteiger partial charge on any atom is -1.00 e.